The highest BCUT2D eigenvalue weighted by Gasteiger charge is 2.10. The summed E-state index contributed by atoms with van der Waals surface area (Å²) in [5.74, 6) is 5.31. The van der Waals surface area contributed by atoms with E-state index in [2.05, 4.69) is 5.43 Å². The molecule has 17 heavy (non-hydrogen) atoms. The smallest absolute Gasteiger partial charge is 0.123 e. The van der Waals surface area contributed by atoms with Gasteiger partial charge in [0.25, 0.3) is 0 Å². The first-order valence-electron chi connectivity index (χ1n) is 5.55. The van der Waals surface area contributed by atoms with Crippen LogP contribution in [0.25, 0.3) is 0 Å². The molecule has 2 aromatic rings. The van der Waals surface area contributed by atoms with Gasteiger partial charge in [-0.2, -0.15) is 0 Å². The number of nitrogens with two attached hydrogens (primary N) is 1. The highest BCUT2D eigenvalue weighted by molar-refractivity contribution is 5.24. The number of hydrogen-bond donors (Lipinski definition) is 2. The van der Waals surface area contributed by atoms with Crippen LogP contribution in [0.15, 0.2) is 54.6 Å². The molecule has 0 heterocycles. The van der Waals surface area contributed by atoms with Crippen molar-refractivity contribution < 1.29 is 4.39 Å². The lowest BCUT2D eigenvalue weighted by Crippen LogP contribution is -2.29. The first kappa shape index (κ1) is 11.8. The topological polar surface area (TPSA) is 38.0 Å². The average molecular weight is 230 g/mol. The number of rotatable bonds is 4. The monoisotopic (exact) mass is 230 g/mol. The van der Waals surface area contributed by atoms with Gasteiger partial charge < -0.3 is 0 Å². The van der Waals surface area contributed by atoms with Crippen molar-refractivity contribution in [2.45, 2.75) is 12.5 Å². The molecule has 0 saturated carbocycles. The van der Waals surface area contributed by atoms with Gasteiger partial charge >= 0.3 is 0 Å². The fourth-order valence-corrected chi connectivity index (χ4v) is 1.82. The molecule has 3 heteroatoms. The largest absolute Gasteiger partial charge is 0.271 e. The van der Waals surface area contributed by atoms with Crippen LogP contribution >= 0.6 is 0 Å². The van der Waals surface area contributed by atoms with Gasteiger partial charge in [0.15, 0.2) is 0 Å². The molecule has 88 valence electrons. The van der Waals surface area contributed by atoms with E-state index in [0.29, 0.717) is 0 Å². The molecule has 2 rings (SSSR count). The van der Waals surface area contributed by atoms with Crippen LogP contribution in [0, 0.1) is 5.82 Å². The maximum absolute atomic E-state index is 12.8. The minimum Gasteiger partial charge on any atom is -0.271 e. The predicted molar refractivity (Wildman–Crippen MR) is 66.6 cm³/mol. The zero-order valence-corrected chi connectivity index (χ0v) is 9.44. The van der Waals surface area contributed by atoms with Crippen LogP contribution in [0.5, 0.6) is 0 Å². The fraction of sp³-hybridized carbons (Fsp3) is 0.143. The van der Waals surface area contributed by atoms with Crippen molar-refractivity contribution in [2.24, 2.45) is 5.84 Å². The highest BCUT2D eigenvalue weighted by atomic mass is 19.1. The first-order chi connectivity index (χ1) is 8.29. The van der Waals surface area contributed by atoms with Crippen molar-refractivity contribution in [3.8, 4) is 0 Å². The molecule has 3 N–H and O–H groups in total. The van der Waals surface area contributed by atoms with Crippen LogP contribution in [0.3, 0.4) is 0 Å². The van der Waals surface area contributed by atoms with Crippen LogP contribution in [0.1, 0.15) is 17.2 Å². The van der Waals surface area contributed by atoms with Crippen molar-refractivity contribution in [1.82, 2.24) is 5.43 Å². The molecule has 0 aliphatic rings. The number of halogens is 1. The van der Waals surface area contributed by atoms with Crippen molar-refractivity contribution >= 4 is 0 Å². The van der Waals surface area contributed by atoms with Gasteiger partial charge in [-0.25, -0.2) is 4.39 Å². The maximum Gasteiger partial charge on any atom is 0.123 e. The molecular weight excluding hydrogens is 215 g/mol. The van der Waals surface area contributed by atoms with E-state index >= 15 is 0 Å². The van der Waals surface area contributed by atoms with E-state index in [-0.39, 0.29) is 11.9 Å². The van der Waals surface area contributed by atoms with E-state index < -0.39 is 0 Å². The summed E-state index contributed by atoms with van der Waals surface area (Å²) in [5.41, 5.74) is 4.94. The fourth-order valence-electron chi connectivity index (χ4n) is 1.82. The number of benzene rings is 2. The lowest BCUT2D eigenvalue weighted by molar-refractivity contribution is 0.549. The lowest BCUT2D eigenvalue weighted by atomic mass is 9.99. The molecule has 0 radical (unpaired) electrons. The lowest BCUT2D eigenvalue weighted by Gasteiger charge is -2.16. The molecule has 0 saturated heterocycles. The number of hydrazine groups is 1. The summed E-state index contributed by atoms with van der Waals surface area (Å²) in [5, 5.41) is 0. The predicted octanol–water partition coefficient (Wildman–Crippen LogP) is 2.57. The molecular formula is C14H15FN2. The molecule has 0 aliphatic carbocycles. The Hall–Kier alpha value is -1.71. The Morgan fingerprint density at radius 1 is 1.00 bits per heavy atom. The third kappa shape index (κ3) is 3.12. The molecule has 2 nitrogen and oxygen atoms in total. The van der Waals surface area contributed by atoms with Gasteiger partial charge in [0.1, 0.15) is 5.82 Å². The zero-order chi connectivity index (χ0) is 12.1. The maximum atomic E-state index is 12.8. The Bertz CT molecular complexity index is 453. The van der Waals surface area contributed by atoms with Gasteiger partial charge in [0.05, 0.1) is 0 Å². The van der Waals surface area contributed by atoms with E-state index in [1.165, 1.54) is 17.7 Å². The molecule has 0 amide bonds. The number of nitrogens with one attached hydrogen (secondary N) is 1. The quantitative estimate of drug-likeness (QED) is 0.626. The Morgan fingerprint density at radius 3 is 2.24 bits per heavy atom. The summed E-state index contributed by atoms with van der Waals surface area (Å²) < 4.78 is 12.8. The van der Waals surface area contributed by atoms with Crippen LogP contribution in [-0.2, 0) is 6.42 Å². The summed E-state index contributed by atoms with van der Waals surface area (Å²) in [6.45, 7) is 0. The van der Waals surface area contributed by atoms with E-state index in [1.807, 2.05) is 30.3 Å². The molecule has 1 unspecified atom stereocenters. The normalized spacial score (nSPS) is 12.4. The average Bonchev–Trinajstić information content (AvgIpc) is 2.38. The summed E-state index contributed by atoms with van der Waals surface area (Å²) in [7, 11) is 0. The Morgan fingerprint density at radius 2 is 1.65 bits per heavy atom. The van der Waals surface area contributed by atoms with E-state index in [0.717, 1.165) is 12.0 Å². The first-order valence-corrected chi connectivity index (χ1v) is 5.55. The Balaban J connectivity index is 2.14. The van der Waals surface area contributed by atoms with Crippen molar-refractivity contribution in [3.05, 3.63) is 71.5 Å². The third-order valence-corrected chi connectivity index (χ3v) is 2.76. The minimum absolute atomic E-state index is 0.00185. The van der Waals surface area contributed by atoms with Crippen molar-refractivity contribution in [2.75, 3.05) is 0 Å². The minimum atomic E-state index is -0.232. The molecule has 1 atom stereocenters. The van der Waals surface area contributed by atoms with E-state index in [1.54, 1.807) is 12.1 Å². The van der Waals surface area contributed by atoms with E-state index in [4.69, 9.17) is 5.84 Å². The second-order valence-electron chi connectivity index (χ2n) is 3.96. The van der Waals surface area contributed by atoms with Gasteiger partial charge in [-0.3, -0.25) is 11.3 Å². The van der Waals surface area contributed by atoms with Gasteiger partial charge in [-0.05, 0) is 29.7 Å². The molecule has 0 bridgehead atoms. The van der Waals surface area contributed by atoms with Gasteiger partial charge in [0.2, 0.25) is 0 Å². The van der Waals surface area contributed by atoms with Crippen LogP contribution in [0.4, 0.5) is 4.39 Å². The Labute approximate surface area is 100 Å². The standard InChI is InChI=1S/C14H15FN2/c15-13-8-6-12(7-9-13)14(17-16)10-11-4-2-1-3-5-11/h1-9,14,17H,10,16H2. The van der Waals surface area contributed by atoms with Crippen LogP contribution < -0.4 is 11.3 Å². The summed E-state index contributed by atoms with van der Waals surface area (Å²) in [6.07, 6.45) is 0.781. The van der Waals surface area contributed by atoms with Gasteiger partial charge in [0, 0.05) is 6.04 Å². The molecule has 2 aromatic carbocycles. The molecule has 0 aliphatic heterocycles. The number of hydrogen-bond acceptors (Lipinski definition) is 2. The molecule has 0 spiro atoms. The summed E-state index contributed by atoms with van der Waals surface area (Å²) in [6, 6.07) is 16.5. The van der Waals surface area contributed by atoms with Crippen LogP contribution in [0.2, 0.25) is 0 Å². The Kier molecular flexibility index (Phi) is 3.85. The molecule has 0 aromatic heterocycles. The van der Waals surface area contributed by atoms with Crippen LogP contribution in [-0.4, -0.2) is 0 Å². The zero-order valence-electron chi connectivity index (χ0n) is 9.44. The van der Waals surface area contributed by atoms with Crippen molar-refractivity contribution in [3.63, 3.8) is 0 Å². The second-order valence-corrected chi connectivity index (χ2v) is 3.96. The van der Waals surface area contributed by atoms with Gasteiger partial charge in [-0.1, -0.05) is 42.5 Å². The SMILES string of the molecule is NNC(Cc1ccccc1)c1ccc(F)cc1. The summed E-state index contributed by atoms with van der Waals surface area (Å²) >= 11 is 0. The third-order valence-electron chi connectivity index (χ3n) is 2.76. The second kappa shape index (κ2) is 5.57. The molecule has 0 fully saturated rings. The van der Waals surface area contributed by atoms with Gasteiger partial charge in [-0.15, -0.1) is 0 Å². The highest BCUT2D eigenvalue weighted by Crippen LogP contribution is 2.17. The summed E-state index contributed by atoms with van der Waals surface area (Å²) in [4.78, 5) is 0. The van der Waals surface area contributed by atoms with Crippen molar-refractivity contribution in [1.29, 1.82) is 0 Å². The van der Waals surface area contributed by atoms with E-state index in [9.17, 15) is 4.39 Å².